The predicted octanol–water partition coefficient (Wildman–Crippen LogP) is 3.78. The van der Waals surface area contributed by atoms with Crippen LogP contribution >= 0.6 is 0 Å². The fraction of sp³-hybridized carbons (Fsp3) is 0.190. The molecule has 3 aromatic rings. The quantitative estimate of drug-likeness (QED) is 0.680. The molecule has 0 saturated heterocycles. The number of rotatable bonds is 4. The van der Waals surface area contributed by atoms with E-state index in [1.165, 1.54) is 48.2 Å². The second-order valence-electron chi connectivity index (χ2n) is 6.75. The van der Waals surface area contributed by atoms with Crippen LogP contribution in [-0.4, -0.2) is 28.6 Å². The highest BCUT2D eigenvalue weighted by Crippen LogP contribution is 2.38. The Balaban J connectivity index is 1.80. The van der Waals surface area contributed by atoms with E-state index < -0.39 is 17.6 Å². The zero-order valence-corrected chi connectivity index (χ0v) is 15.7. The molecule has 2 heterocycles. The Morgan fingerprint density at radius 3 is 2.62 bits per heavy atom. The number of carbonyl (C=O) groups is 2. The summed E-state index contributed by atoms with van der Waals surface area (Å²) in [5, 5.41) is 7.20. The van der Waals surface area contributed by atoms with Crippen LogP contribution in [0.2, 0.25) is 0 Å². The topological polar surface area (TPSA) is 73.2 Å². The van der Waals surface area contributed by atoms with Gasteiger partial charge in [0, 0.05) is 17.5 Å². The van der Waals surface area contributed by atoms with Crippen molar-refractivity contribution in [2.75, 3.05) is 12.4 Å². The molecular weight excluding hydrogens is 380 g/mol. The number of Topliss-reactive ketones (excluding diaryl/α,β-unsaturated/α-hetero) is 1. The number of ether oxygens (including phenoxy) is 1. The van der Waals surface area contributed by atoms with Crippen LogP contribution in [0.4, 0.5) is 14.6 Å². The number of anilines is 1. The van der Waals surface area contributed by atoms with Crippen LogP contribution in [0.1, 0.15) is 34.0 Å². The molecule has 0 radical (unpaired) electrons. The highest BCUT2D eigenvalue weighted by molar-refractivity contribution is 6.08. The van der Waals surface area contributed by atoms with E-state index in [2.05, 4.69) is 10.4 Å². The largest absolute Gasteiger partial charge is 0.494 e. The standard InChI is InChI=1S/C21H17F2N3O3/c1-11-19-15(20(28)12-3-8-16(23)17(9-12)29-2)10-18(27)24-21(19)26(25-11)14-6-4-13(22)5-7-14/h3-9,15H,10H2,1-2H3,(H,24,27)/t15-/m1/s1. The Labute approximate surface area is 165 Å². The van der Waals surface area contributed by atoms with E-state index in [0.717, 1.165) is 6.07 Å². The summed E-state index contributed by atoms with van der Waals surface area (Å²) in [6, 6.07) is 9.49. The van der Waals surface area contributed by atoms with Gasteiger partial charge in [0.05, 0.1) is 24.4 Å². The van der Waals surface area contributed by atoms with Crippen LogP contribution in [0.5, 0.6) is 5.75 Å². The van der Waals surface area contributed by atoms with E-state index in [0.29, 0.717) is 22.8 Å². The predicted molar refractivity (Wildman–Crippen MR) is 102 cm³/mol. The number of hydrogen-bond donors (Lipinski definition) is 1. The molecule has 6 nitrogen and oxygen atoms in total. The summed E-state index contributed by atoms with van der Waals surface area (Å²) >= 11 is 0. The van der Waals surface area contributed by atoms with Crippen molar-refractivity contribution < 1.29 is 23.1 Å². The van der Waals surface area contributed by atoms with Crippen molar-refractivity contribution in [1.29, 1.82) is 0 Å². The minimum Gasteiger partial charge on any atom is -0.494 e. The van der Waals surface area contributed by atoms with Gasteiger partial charge in [-0.15, -0.1) is 0 Å². The first-order chi connectivity index (χ1) is 13.9. The van der Waals surface area contributed by atoms with Crippen molar-refractivity contribution in [1.82, 2.24) is 9.78 Å². The van der Waals surface area contributed by atoms with E-state index in [1.54, 1.807) is 6.92 Å². The Bertz CT molecular complexity index is 1120. The number of fused-ring (bicyclic) bond motifs is 1. The first-order valence-electron chi connectivity index (χ1n) is 8.92. The fourth-order valence-electron chi connectivity index (χ4n) is 3.55. The average Bonchev–Trinajstić information content (AvgIpc) is 3.04. The molecule has 29 heavy (non-hydrogen) atoms. The van der Waals surface area contributed by atoms with Crippen LogP contribution in [0.15, 0.2) is 42.5 Å². The van der Waals surface area contributed by atoms with Crippen LogP contribution in [0.25, 0.3) is 5.69 Å². The number of amides is 1. The zero-order chi connectivity index (χ0) is 20.7. The summed E-state index contributed by atoms with van der Waals surface area (Å²) in [5.74, 6) is -2.09. The van der Waals surface area contributed by atoms with Crippen molar-refractivity contribution in [2.24, 2.45) is 0 Å². The van der Waals surface area contributed by atoms with Crippen LogP contribution in [-0.2, 0) is 4.79 Å². The van der Waals surface area contributed by atoms with Crippen molar-refractivity contribution in [2.45, 2.75) is 19.3 Å². The van der Waals surface area contributed by atoms with Crippen molar-refractivity contribution in [3.8, 4) is 11.4 Å². The van der Waals surface area contributed by atoms with E-state index in [9.17, 15) is 18.4 Å². The molecule has 148 valence electrons. The first kappa shape index (κ1) is 18.8. The van der Waals surface area contributed by atoms with E-state index in [4.69, 9.17) is 4.74 Å². The Morgan fingerprint density at radius 2 is 1.93 bits per heavy atom. The molecule has 8 heteroatoms. The zero-order valence-electron chi connectivity index (χ0n) is 15.7. The molecule has 1 aromatic heterocycles. The Kier molecular flexibility index (Phi) is 4.62. The minimum atomic E-state index is -0.775. The van der Waals surface area contributed by atoms with Crippen LogP contribution in [0.3, 0.4) is 0 Å². The molecule has 0 fully saturated rings. The van der Waals surface area contributed by atoms with Gasteiger partial charge in [-0.25, -0.2) is 13.5 Å². The third-order valence-corrected chi connectivity index (χ3v) is 4.93. The summed E-state index contributed by atoms with van der Waals surface area (Å²) in [6.07, 6.45) is -0.0541. The number of carbonyl (C=O) groups excluding carboxylic acids is 2. The normalized spacial score (nSPS) is 15.6. The lowest BCUT2D eigenvalue weighted by molar-refractivity contribution is -0.116. The van der Waals surface area contributed by atoms with Gasteiger partial charge in [-0.1, -0.05) is 0 Å². The van der Waals surface area contributed by atoms with Gasteiger partial charge in [0.2, 0.25) is 5.91 Å². The molecule has 0 unspecified atom stereocenters. The van der Waals surface area contributed by atoms with Gasteiger partial charge < -0.3 is 10.1 Å². The molecule has 0 aliphatic carbocycles. The number of ketones is 1. The molecule has 0 spiro atoms. The maximum absolute atomic E-state index is 13.7. The Hall–Kier alpha value is -3.55. The molecule has 1 amide bonds. The van der Waals surface area contributed by atoms with E-state index in [-0.39, 0.29) is 29.4 Å². The number of hydrogen-bond acceptors (Lipinski definition) is 4. The van der Waals surface area contributed by atoms with Gasteiger partial charge in [-0.05, 0) is 49.4 Å². The summed E-state index contributed by atoms with van der Waals surface area (Å²) in [5.41, 5.74) is 1.94. The third kappa shape index (κ3) is 3.26. The number of aryl methyl sites for hydroxylation is 1. The molecule has 1 atom stereocenters. The number of benzene rings is 2. The number of methoxy groups -OCH3 is 1. The van der Waals surface area contributed by atoms with Crippen molar-refractivity contribution in [3.05, 3.63) is 70.9 Å². The van der Waals surface area contributed by atoms with Crippen molar-refractivity contribution >= 4 is 17.5 Å². The molecule has 1 aliphatic rings. The van der Waals surface area contributed by atoms with Crippen LogP contribution in [0, 0.1) is 18.6 Å². The first-order valence-corrected chi connectivity index (χ1v) is 8.92. The Morgan fingerprint density at radius 1 is 1.21 bits per heavy atom. The van der Waals surface area contributed by atoms with Gasteiger partial charge in [0.25, 0.3) is 0 Å². The van der Waals surface area contributed by atoms with E-state index >= 15 is 0 Å². The number of nitrogens with zero attached hydrogens (tertiary/aromatic N) is 2. The molecular formula is C21H17F2N3O3. The van der Waals surface area contributed by atoms with Gasteiger partial charge in [0.15, 0.2) is 17.3 Å². The SMILES string of the molecule is COc1cc(C(=O)[C@@H]2CC(=O)Nc3c2c(C)nn3-c2ccc(F)cc2)ccc1F. The minimum absolute atomic E-state index is 0.0462. The molecule has 0 bridgehead atoms. The number of nitrogens with one attached hydrogen (secondary N) is 1. The highest BCUT2D eigenvalue weighted by atomic mass is 19.1. The summed E-state index contributed by atoms with van der Waals surface area (Å²) in [4.78, 5) is 25.5. The second-order valence-corrected chi connectivity index (χ2v) is 6.75. The molecule has 1 N–H and O–H groups in total. The average molecular weight is 397 g/mol. The maximum Gasteiger partial charge on any atom is 0.226 e. The number of halogens is 2. The van der Waals surface area contributed by atoms with Crippen LogP contribution < -0.4 is 10.1 Å². The third-order valence-electron chi connectivity index (χ3n) is 4.93. The van der Waals surface area contributed by atoms with Gasteiger partial charge in [-0.2, -0.15) is 5.10 Å². The molecule has 4 rings (SSSR count). The lowest BCUT2D eigenvalue weighted by atomic mass is 9.85. The van der Waals surface area contributed by atoms with E-state index in [1.807, 2.05) is 0 Å². The lowest BCUT2D eigenvalue weighted by Gasteiger charge is -2.23. The molecule has 2 aromatic carbocycles. The highest BCUT2D eigenvalue weighted by Gasteiger charge is 2.36. The molecule has 1 aliphatic heterocycles. The molecule has 0 saturated carbocycles. The van der Waals surface area contributed by atoms with Crippen molar-refractivity contribution in [3.63, 3.8) is 0 Å². The fourth-order valence-corrected chi connectivity index (χ4v) is 3.55. The van der Waals surface area contributed by atoms with Gasteiger partial charge >= 0.3 is 0 Å². The maximum atomic E-state index is 13.7. The summed E-state index contributed by atoms with van der Waals surface area (Å²) < 4.78 is 33.4. The lowest BCUT2D eigenvalue weighted by Crippen LogP contribution is -2.28. The monoisotopic (exact) mass is 397 g/mol. The second kappa shape index (κ2) is 7.12. The smallest absolute Gasteiger partial charge is 0.226 e. The van der Waals surface area contributed by atoms with Gasteiger partial charge in [0.1, 0.15) is 11.6 Å². The summed E-state index contributed by atoms with van der Waals surface area (Å²) in [7, 11) is 1.32. The number of aromatic nitrogens is 2. The van der Waals surface area contributed by atoms with Gasteiger partial charge in [-0.3, -0.25) is 9.59 Å². The summed E-state index contributed by atoms with van der Waals surface area (Å²) in [6.45, 7) is 1.74.